The maximum Gasteiger partial charge on any atom is 0.416 e. The lowest BCUT2D eigenvalue weighted by atomic mass is 9.88. The van der Waals surface area contributed by atoms with Crippen molar-refractivity contribution in [2.24, 2.45) is 5.41 Å². The zero-order valence-electron chi connectivity index (χ0n) is 21.2. The highest BCUT2D eigenvalue weighted by molar-refractivity contribution is 7.95. The van der Waals surface area contributed by atoms with Gasteiger partial charge in [-0.25, -0.2) is 17.2 Å². The third-order valence-electron chi connectivity index (χ3n) is 6.88. The van der Waals surface area contributed by atoms with E-state index in [2.05, 4.69) is 5.32 Å². The van der Waals surface area contributed by atoms with Crippen molar-refractivity contribution in [3.8, 4) is 5.75 Å². The van der Waals surface area contributed by atoms with Crippen LogP contribution in [0.3, 0.4) is 0 Å². The molecule has 0 fully saturated rings. The fraction of sp³-hybridized carbons (Fsp3) is 0.250. The largest absolute Gasteiger partial charge is 0.506 e. The number of nitrogens with one attached hydrogen (secondary N) is 1. The van der Waals surface area contributed by atoms with Crippen LogP contribution in [0, 0.1) is 17.0 Å². The van der Waals surface area contributed by atoms with Crippen LogP contribution < -0.4 is 10.2 Å². The van der Waals surface area contributed by atoms with E-state index < -0.39 is 72.4 Å². The van der Waals surface area contributed by atoms with E-state index in [1.54, 1.807) is 13.8 Å². The molecule has 3 aromatic rings. The first-order chi connectivity index (χ1) is 18.6. The third kappa shape index (κ3) is 4.70. The highest BCUT2D eigenvalue weighted by atomic mass is 32.2. The van der Waals surface area contributed by atoms with E-state index in [1.807, 2.05) is 0 Å². The number of fused-ring (bicyclic) bond motifs is 1. The summed E-state index contributed by atoms with van der Waals surface area (Å²) >= 11 is 0. The van der Waals surface area contributed by atoms with Crippen molar-refractivity contribution >= 4 is 27.1 Å². The topological polar surface area (TPSA) is 86.7 Å². The number of hydrogen-bond acceptors (Lipinski definition) is 5. The Balaban J connectivity index is 1.89. The van der Waals surface area contributed by atoms with E-state index in [1.165, 1.54) is 30.3 Å². The van der Waals surface area contributed by atoms with Crippen LogP contribution in [0.4, 0.5) is 33.3 Å². The van der Waals surface area contributed by atoms with Gasteiger partial charge in [0.15, 0.2) is 9.84 Å². The first kappa shape index (κ1) is 27.6. The predicted octanol–water partition coefficient (Wildman–Crippen LogP) is 6.56. The number of phenols is 1. The molecule has 12 heteroatoms. The number of allylic oxidation sites excluding steroid dienone is 1. The Morgan fingerprint density at radius 1 is 1.02 bits per heavy atom. The van der Waals surface area contributed by atoms with Crippen molar-refractivity contribution in [1.29, 1.82) is 0 Å². The molecule has 0 aliphatic carbocycles. The summed E-state index contributed by atoms with van der Waals surface area (Å²) in [5, 5.41) is 13.7. The molecule has 6 nitrogen and oxygen atoms in total. The average Bonchev–Trinajstić information content (AvgIpc) is 2.97. The Kier molecular flexibility index (Phi) is 6.44. The summed E-state index contributed by atoms with van der Waals surface area (Å²) in [5.41, 5.74) is -3.37. The molecule has 0 radical (unpaired) electrons. The fourth-order valence-corrected chi connectivity index (χ4v) is 7.66. The summed E-state index contributed by atoms with van der Waals surface area (Å²) in [6, 6.07) is 8.57. The third-order valence-corrected chi connectivity index (χ3v) is 9.18. The summed E-state index contributed by atoms with van der Waals surface area (Å²) in [5.74, 6) is -4.26. The number of alkyl halides is 3. The zero-order valence-corrected chi connectivity index (χ0v) is 22.0. The summed E-state index contributed by atoms with van der Waals surface area (Å²) in [6.07, 6.45) is -4.81. The average molecular weight is 579 g/mol. The lowest BCUT2D eigenvalue weighted by Crippen LogP contribution is -2.41. The van der Waals surface area contributed by atoms with Gasteiger partial charge in [0.05, 0.1) is 27.5 Å². The van der Waals surface area contributed by atoms with Gasteiger partial charge in [0.1, 0.15) is 29.1 Å². The summed E-state index contributed by atoms with van der Waals surface area (Å²) in [6.45, 7) is 3.37. The van der Waals surface area contributed by atoms with E-state index in [9.17, 15) is 35.9 Å². The molecule has 0 aromatic heterocycles. The molecular weight excluding hydrogens is 555 g/mol. The van der Waals surface area contributed by atoms with E-state index in [0.717, 1.165) is 23.1 Å². The van der Waals surface area contributed by atoms with Crippen LogP contribution in [0.2, 0.25) is 0 Å². The number of carbonyl (C=O) groups excluding carboxylic acids is 1. The van der Waals surface area contributed by atoms with Gasteiger partial charge < -0.3 is 10.4 Å². The number of anilines is 2. The molecule has 3 aromatic carbocycles. The molecular formula is C28H23F5N2O4S. The molecule has 2 aliphatic heterocycles. The molecule has 1 atom stereocenters. The normalized spacial score (nSPS) is 19.8. The van der Waals surface area contributed by atoms with Crippen LogP contribution in [0.25, 0.3) is 0 Å². The Morgan fingerprint density at radius 3 is 2.38 bits per heavy atom. The van der Waals surface area contributed by atoms with E-state index in [4.69, 9.17) is 0 Å². The van der Waals surface area contributed by atoms with Crippen molar-refractivity contribution in [2.75, 3.05) is 16.0 Å². The Morgan fingerprint density at radius 2 is 1.73 bits per heavy atom. The molecule has 5 rings (SSSR count). The summed E-state index contributed by atoms with van der Waals surface area (Å²) in [4.78, 5) is 14.4. The van der Waals surface area contributed by atoms with Gasteiger partial charge in [0.25, 0.3) is 5.91 Å². The van der Waals surface area contributed by atoms with Crippen molar-refractivity contribution in [3.63, 3.8) is 0 Å². The number of rotatable bonds is 2. The van der Waals surface area contributed by atoms with Gasteiger partial charge >= 0.3 is 6.18 Å². The number of aromatic hydroxyl groups is 1. The molecule has 0 saturated heterocycles. The number of amides is 1. The van der Waals surface area contributed by atoms with Gasteiger partial charge in [0, 0.05) is 11.3 Å². The predicted molar refractivity (Wildman–Crippen MR) is 138 cm³/mol. The number of benzene rings is 3. The minimum absolute atomic E-state index is 0.0344. The van der Waals surface area contributed by atoms with Crippen molar-refractivity contribution in [2.45, 2.75) is 32.5 Å². The minimum Gasteiger partial charge on any atom is -0.506 e. The van der Waals surface area contributed by atoms with E-state index in [0.29, 0.717) is 6.07 Å². The molecule has 1 unspecified atom stereocenters. The highest BCUT2D eigenvalue weighted by Gasteiger charge is 2.48. The SMILES string of the molecule is CC1(C)CC2=C(C(c3ccc(C(F)(F)F)cc3F)N(C(=O)c3ccccc3F)c3cccc(O)c3N2)S(=O)(=O)C1. The molecule has 0 bridgehead atoms. The van der Waals surface area contributed by atoms with Crippen molar-refractivity contribution in [3.05, 3.63) is 99.6 Å². The number of carbonyl (C=O) groups is 1. The maximum atomic E-state index is 15.6. The first-order valence-electron chi connectivity index (χ1n) is 12.1. The highest BCUT2D eigenvalue weighted by Crippen LogP contribution is 2.52. The van der Waals surface area contributed by atoms with Crippen LogP contribution in [0.5, 0.6) is 5.75 Å². The second-order valence-electron chi connectivity index (χ2n) is 10.5. The standard InChI is InChI=1S/C28H23F5N2O4S/c1-27(2)13-20-25(40(38,39)14-27)24(16-11-10-15(12-19(16)30)28(31,32)33)35(21-8-5-9-22(36)23(21)34-20)26(37)17-6-3-4-7-18(17)29/h3-12,24,34,36H,13-14H2,1-2H3. The summed E-state index contributed by atoms with van der Waals surface area (Å²) in [7, 11) is -4.30. The lowest BCUT2D eigenvalue weighted by Gasteiger charge is -2.37. The van der Waals surface area contributed by atoms with Gasteiger partial charge in [-0.2, -0.15) is 13.2 Å². The van der Waals surface area contributed by atoms with Crippen molar-refractivity contribution < 1.29 is 40.3 Å². The van der Waals surface area contributed by atoms with Crippen LogP contribution in [-0.2, 0) is 16.0 Å². The van der Waals surface area contributed by atoms with Crippen LogP contribution >= 0.6 is 0 Å². The van der Waals surface area contributed by atoms with Gasteiger partial charge in [0.2, 0.25) is 0 Å². The molecule has 40 heavy (non-hydrogen) atoms. The number of para-hydroxylation sites is 1. The quantitative estimate of drug-likeness (QED) is 0.266. The number of phenolic OH excluding ortho intramolecular Hbond substituents is 1. The second kappa shape index (κ2) is 9.33. The number of halogens is 5. The molecule has 0 saturated carbocycles. The van der Waals surface area contributed by atoms with Crippen LogP contribution in [0.1, 0.15) is 47.8 Å². The van der Waals surface area contributed by atoms with Crippen molar-refractivity contribution in [1.82, 2.24) is 0 Å². The maximum absolute atomic E-state index is 15.6. The zero-order chi connectivity index (χ0) is 29.2. The summed E-state index contributed by atoms with van der Waals surface area (Å²) < 4.78 is 98.3. The molecule has 1 amide bonds. The first-order valence-corrected chi connectivity index (χ1v) is 13.8. The second-order valence-corrected chi connectivity index (χ2v) is 12.5. The Bertz CT molecular complexity index is 1680. The Labute approximate surface area is 226 Å². The molecule has 210 valence electrons. The minimum atomic E-state index is -4.89. The number of nitrogens with zero attached hydrogens (tertiary/aromatic N) is 1. The number of sulfone groups is 1. The lowest BCUT2D eigenvalue weighted by molar-refractivity contribution is -0.137. The van der Waals surface area contributed by atoms with Crippen LogP contribution in [0.15, 0.2) is 71.3 Å². The van der Waals surface area contributed by atoms with Gasteiger partial charge in [-0.15, -0.1) is 0 Å². The Hall–Kier alpha value is -3.93. The monoisotopic (exact) mass is 578 g/mol. The molecule has 2 heterocycles. The van der Waals surface area contributed by atoms with E-state index in [-0.39, 0.29) is 35.3 Å². The smallest absolute Gasteiger partial charge is 0.416 e. The van der Waals surface area contributed by atoms with E-state index >= 15 is 4.39 Å². The van der Waals surface area contributed by atoms with Gasteiger partial charge in [-0.3, -0.25) is 9.69 Å². The van der Waals surface area contributed by atoms with Crippen LogP contribution in [-0.4, -0.2) is 25.2 Å². The number of hydrogen-bond donors (Lipinski definition) is 2. The molecule has 2 aliphatic rings. The molecule has 2 N–H and O–H groups in total. The van der Waals surface area contributed by atoms with Gasteiger partial charge in [-0.1, -0.05) is 38.1 Å². The molecule has 0 spiro atoms. The van der Waals surface area contributed by atoms with Gasteiger partial charge in [-0.05, 0) is 48.2 Å². The fourth-order valence-electron chi connectivity index (χ4n) is 5.30.